The Morgan fingerprint density at radius 3 is 2.78 bits per heavy atom. The van der Waals surface area contributed by atoms with E-state index >= 15 is 0 Å². The quantitative estimate of drug-likeness (QED) is 0.759. The van der Waals surface area contributed by atoms with Crippen LogP contribution in [0.3, 0.4) is 0 Å². The maximum absolute atomic E-state index is 11.3. The normalized spacial score (nSPS) is 28.4. The molecule has 2 aliphatic rings. The Bertz CT molecular complexity index is 548. The Morgan fingerprint density at radius 2 is 2.06 bits per heavy atom. The molecule has 94 valence electrons. The number of hydrogen-bond acceptors (Lipinski definition) is 3. The highest BCUT2D eigenvalue weighted by Crippen LogP contribution is 2.46. The zero-order valence-electron chi connectivity index (χ0n) is 10.6. The second-order valence-electron chi connectivity index (χ2n) is 5.28. The van der Waals surface area contributed by atoms with Gasteiger partial charge in [0.2, 0.25) is 0 Å². The number of benzene rings is 1. The van der Waals surface area contributed by atoms with Crippen molar-refractivity contribution in [2.75, 3.05) is 5.32 Å². The van der Waals surface area contributed by atoms with Crippen LogP contribution in [0.4, 0.5) is 5.69 Å². The number of carboxylic acids is 1. The Kier molecular flexibility index (Phi) is 2.44. The number of nitrogens with one attached hydrogen (secondary N) is 1. The molecular formula is C15H16NO2-. The van der Waals surface area contributed by atoms with Crippen LogP contribution >= 0.6 is 0 Å². The number of fused-ring (bicyclic) bond motifs is 3. The van der Waals surface area contributed by atoms with Gasteiger partial charge in [0.05, 0.1) is 12.0 Å². The van der Waals surface area contributed by atoms with Crippen molar-refractivity contribution in [3.05, 3.63) is 41.0 Å². The molecule has 18 heavy (non-hydrogen) atoms. The number of aryl methyl sites for hydroxylation is 2. The first kappa shape index (κ1) is 11.3. The number of allylic oxidation sites excluding steroid dienone is 2. The van der Waals surface area contributed by atoms with E-state index in [4.69, 9.17) is 0 Å². The summed E-state index contributed by atoms with van der Waals surface area (Å²) in [5.41, 5.74) is 4.56. The molecule has 0 saturated carbocycles. The van der Waals surface area contributed by atoms with E-state index < -0.39 is 12.0 Å². The summed E-state index contributed by atoms with van der Waals surface area (Å²) < 4.78 is 0. The summed E-state index contributed by atoms with van der Waals surface area (Å²) in [7, 11) is 0. The average molecular weight is 242 g/mol. The van der Waals surface area contributed by atoms with Crippen molar-refractivity contribution in [1.82, 2.24) is 0 Å². The van der Waals surface area contributed by atoms with Crippen molar-refractivity contribution >= 4 is 11.7 Å². The summed E-state index contributed by atoms with van der Waals surface area (Å²) in [4.78, 5) is 11.3. The monoisotopic (exact) mass is 242 g/mol. The van der Waals surface area contributed by atoms with Gasteiger partial charge in [0.1, 0.15) is 0 Å². The zero-order chi connectivity index (χ0) is 12.9. The molecule has 0 amide bonds. The summed E-state index contributed by atoms with van der Waals surface area (Å²) in [5.74, 6) is -0.702. The van der Waals surface area contributed by atoms with Crippen LogP contribution in [0.2, 0.25) is 0 Å². The first-order valence-corrected chi connectivity index (χ1v) is 6.33. The van der Waals surface area contributed by atoms with Crippen molar-refractivity contribution in [2.45, 2.75) is 32.2 Å². The predicted octanol–water partition coefficient (Wildman–Crippen LogP) is 1.51. The molecule has 3 atom stereocenters. The Morgan fingerprint density at radius 1 is 1.33 bits per heavy atom. The van der Waals surface area contributed by atoms with E-state index in [9.17, 15) is 9.90 Å². The van der Waals surface area contributed by atoms with Crippen LogP contribution in [0.25, 0.3) is 0 Å². The minimum absolute atomic E-state index is 0.0861. The number of carbonyl (C=O) groups excluding carboxylic acids is 1. The van der Waals surface area contributed by atoms with Gasteiger partial charge >= 0.3 is 0 Å². The number of carboxylic acid groups (broad SMARTS) is 1. The highest BCUT2D eigenvalue weighted by Gasteiger charge is 2.38. The highest BCUT2D eigenvalue weighted by molar-refractivity contribution is 5.80. The minimum Gasteiger partial charge on any atom is -0.548 e. The lowest BCUT2D eigenvalue weighted by atomic mass is 9.77. The smallest absolute Gasteiger partial charge is 0.0698 e. The summed E-state index contributed by atoms with van der Waals surface area (Å²) in [6.07, 6.45) is 5.04. The van der Waals surface area contributed by atoms with Crippen LogP contribution < -0.4 is 10.4 Å². The molecule has 1 aliphatic carbocycles. The summed E-state index contributed by atoms with van der Waals surface area (Å²) >= 11 is 0. The number of carbonyl (C=O) groups is 1. The third kappa shape index (κ3) is 1.47. The van der Waals surface area contributed by atoms with E-state index in [1.807, 2.05) is 13.0 Å². The molecule has 3 rings (SSSR count). The molecule has 0 fully saturated rings. The van der Waals surface area contributed by atoms with Gasteiger partial charge in [-0.15, -0.1) is 0 Å². The molecule has 1 aromatic rings. The lowest BCUT2D eigenvalue weighted by molar-refractivity contribution is -0.308. The van der Waals surface area contributed by atoms with E-state index in [1.165, 1.54) is 11.1 Å². The number of hydrogen-bond donors (Lipinski definition) is 1. The molecule has 1 aromatic carbocycles. The fraction of sp³-hybridized carbons (Fsp3) is 0.400. The zero-order valence-corrected chi connectivity index (χ0v) is 10.6. The van der Waals surface area contributed by atoms with Gasteiger partial charge in [-0.1, -0.05) is 24.3 Å². The van der Waals surface area contributed by atoms with Crippen LogP contribution in [0.1, 0.15) is 29.0 Å². The number of aliphatic carboxylic acids is 1. The summed E-state index contributed by atoms with van der Waals surface area (Å²) in [6, 6.07) is 3.56. The molecule has 0 aromatic heterocycles. The van der Waals surface area contributed by atoms with E-state index in [-0.39, 0.29) is 11.8 Å². The van der Waals surface area contributed by atoms with Crippen LogP contribution in [0, 0.1) is 19.8 Å². The van der Waals surface area contributed by atoms with E-state index in [1.54, 1.807) is 0 Å². The van der Waals surface area contributed by atoms with Gasteiger partial charge in [-0.25, -0.2) is 0 Å². The molecule has 0 spiro atoms. The first-order chi connectivity index (χ1) is 8.59. The molecule has 3 nitrogen and oxygen atoms in total. The van der Waals surface area contributed by atoms with Crippen molar-refractivity contribution in [3.63, 3.8) is 0 Å². The Hall–Kier alpha value is -1.77. The molecule has 0 unspecified atom stereocenters. The largest absolute Gasteiger partial charge is 0.548 e. The van der Waals surface area contributed by atoms with Crippen LogP contribution in [-0.2, 0) is 4.79 Å². The highest BCUT2D eigenvalue weighted by atomic mass is 16.4. The van der Waals surface area contributed by atoms with E-state index in [2.05, 4.69) is 30.5 Å². The van der Waals surface area contributed by atoms with Gasteiger partial charge in [-0.2, -0.15) is 0 Å². The minimum atomic E-state index is -1.000. The van der Waals surface area contributed by atoms with Crippen LogP contribution in [0.5, 0.6) is 0 Å². The Balaban J connectivity index is 2.17. The predicted molar refractivity (Wildman–Crippen MR) is 68.3 cm³/mol. The molecule has 0 saturated heterocycles. The lowest BCUT2D eigenvalue weighted by Gasteiger charge is -2.39. The van der Waals surface area contributed by atoms with Crippen LogP contribution in [0.15, 0.2) is 24.3 Å². The van der Waals surface area contributed by atoms with Crippen molar-refractivity contribution in [1.29, 1.82) is 0 Å². The SMILES string of the molecule is Cc1ccc(C)c2c1N[C@@H](C(=O)[O-])[C@H]1CC=C[C@H]21. The van der Waals surface area contributed by atoms with Gasteiger partial charge in [0, 0.05) is 11.6 Å². The standard InChI is InChI=1S/C15H17NO2/c1-8-6-7-9(2)13-12(8)10-4-3-5-11(10)14(16-13)15(17)18/h3-4,6-7,10-11,14,16H,5H2,1-2H3,(H,17,18)/p-1/t10-,11-,14+/m0/s1. The molecule has 1 heterocycles. The molecular weight excluding hydrogens is 226 g/mol. The lowest BCUT2D eigenvalue weighted by Crippen LogP contribution is -2.49. The molecule has 1 aliphatic heterocycles. The molecule has 0 radical (unpaired) electrons. The fourth-order valence-corrected chi connectivity index (χ4v) is 3.28. The second kappa shape index (κ2) is 3.87. The summed E-state index contributed by atoms with van der Waals surface area (Å²) in [6.45, 7) is 4.10. The third-order valence-electron chi connectivity index (χ3n) is 4.20. The number of anilines is 1. The second-order valence-corrected chi connectivity index (χ2v) is 5.28. The van der Waals surface area contributed by atoms with Crippen molar-refractivity contribution in [2.24, 2.45) is 5.92 Å². The third-order valence-corrected chi connectivity index (χ3v) is 4.20. The summed E-state index contributed by atoms with van der Waals surface area (Å²) in [5, 5.41) is 14.5. The van der Waals surface area contributed by atoms with Crippen molar-refractivity contribution in [3.8, 4) is 0 Å². The van der Waals surface area contributed by atoms with Gasteiger partial charge < -0.3 is 15.2 Å². The molecule has 0 bridgehead atoms. The number of rotatable bonds is 1. The fourth-order valence-electron chi connectivity index (χ4n) is 3.28. The van der Waals surface area contributed by atoms with E-state index in [0.717, 1.165) is 17.7 Å². The average Bonchev–Trinajstić information content (AvgIpc) is 2.81. The Labute approximate surface area is 107 Å². The van der Waals surface area contributed by atoms with Gasteiger partial charge in [-0.05, 0) is 42.9 Å². The molecule has 1 N–H and O–H groups in total. The maximum atomic E-state index is 11.3. The van der Waals surface area contributed by atoms with Gasteiger partial charge in [0.25, 0.3) is 0 Å². The maximum Gasteiger partial charge on any atom is 0.0698 e. The van der Waals surface area contributed by atoms with Gasteiger partial charge in [-0.3, -0.25) is 0 Å². The topological polar surface area (TPSA) is 52.2 Å². The van der Waals surface area contributed by atoms with Crippen LogP contribution in [-0.4, -0.2) is 12.0 Å². The molecule has 3 heteroatoms. The van der Waals surface area contributed by atoms with Gasteiger partial charge in [0.15, 0.2) is 0 Å². The van der Waals surface area contributed by atoms with E-state index in [0.29, 0.717) is 0 Å². The van der Waals surface area contributed by atoms with Crippen molar-refractivity contribution < 1.29 is 9.90 Å². The first-order valence-electron chi connectivity index (χ1n) is 6.33.